The van der Waals surface area contributed by atoms with Gasteiger partial charge in [0.1, 0.15) is 0 Å². The molecule has 166 valence electrons. The predicted octanol–water partition coefficient (Wildman–Crippen LogP) is 3.12. The van der Waals surface area contributed by atoms with Crippen molar-refractivity contribution in [1.29, 1.82) is 0 Å². The van der Waals surface area contributed by atoms with Crippen LogP contribution >= 0.6 is 0 Å². The summed E-state index contributed by atoms with van der Waals surface area (Å²) < 4.78 is 23.1. The van der Waals surface area contributed by atoms with Crippen LogP contribution in [0.5, 0.6) is 23.0 Å². The number of hydrogen-bond acceptors (Lipinski definition) is 8. The Bertz CT molecular complexity index is 1130. The molecular formula is C24H25N3O5. The average Bonchev–Trinajstić information content (AvgIpc) is 3.30. The van der Waals surface area contributed by atoms with Crippen LogP contribution in [0.1, 0.15) is 34.7 Å². The Kier molecular flexibility index (Phi) is 4.78. The number of nitrogens with zero attached hydrogens (tertiary/aromatic N) is 2. The molecule has 8 heteroatoms. The predicted molar refractivity (Wildman–Crippen MR) is 117 cm³/mol. The fourth-order valence-corrected chi connectivity index (χ4v) is 5.03. The van der Waals surface area contributed by atoms with Crippen molar-refractivity contribution in [2.75, 3.05) is 20.4 Å². The summed E-state index contributed by atoms with van der Waals surface area (Å²) in [6.07, 6.45) is 6.00. The van der Waals surface area contributed by atoms with Crippen molar-refractivity contribution in [3.63, 3.8) is 0 Å². The van der Waals surface area contributed by atoms with Gasteiger partial charge in [0.05, 0.1) is 13.2 Å². The molecule has 6 rings (SSSR count). The number of hydroxylamine groups is 1. The molecule has 2 aromatic rings. The molecule has 2 aromatic carbocycles. The van der Waals surface area contributed by atoms with E-state index in [4.69, 9.17) is 24.2 Å². The van der Waals surface area contributed by atoms with Crippen LogP contribution in [0.4, 0.5) is 0 Å². The van der Waals surface area contributed by atoms with E-state index in [-0.39, 0.29) is 6.04 Å². The Morgan fingerprint density at radius 1 is 1.19 bits per heavy atom. The largest absolute Gasteiger partial charge is 0.493 e. The molecule has 8 nitrogen and oxygen atoms in total. The molecule has 0 saturated carbocycles. The van der Waals surface area contributed by atoms with Gasteiger partial charge in [-0.3, -0.25) is 4.90 Å². The molecule has 4 heterocycles. The van der Waals surface area contributed by atoms with Gasteiger partial charge >= 0.3 is 0 Å². The summed E-state index contributed by atoms with van der Waals surface area (Å²) in [5, 5.41) is 9.09. The highest BCUT2D eigenvalue weighted by atomic mass is 16.7. The van der Waals surface area contributed by atoms with Gasteiger partial charge < -0.3 is 24.2 Å². The molecule has 2 atom stereocenters. The van der Waals surface area contributed by atoms with Crippen molar-refractivity contribution in [3.05, 3.63) is 58.5 Å². The maximum absolute atomic E-state index is 9.09. The van der Waals surface area contributed by atoms with E-state index < -0.39 is 0 Å². The molecule has 0 aromatic heterocycles. The number of hydrogen-bond donors (Lipinski definition) is 2. The lowest BCUT2D eigenvalue weighted by Gasteiger charge is -2.42. The highest BCUT2D eigenvalue weighted by molar-refractivity contribution is 5.67. The smallest absolute Gasteiger partial charge is 0.231 e. The van der Waals surface area contributed by atoms with E-state index in [1.165, 1.54) is 16.7 Å². The molecule has 0 bridgehead atoms. The number of methoxy groups -OCH3 is 1. The van der Waals surface area contributed by atoms with Crippen LogP contribution in [0.15, 0.2) is 41.2 Å². The highest BCUT2D eigenvalue weighted by Gasteiger charge is 2.36. The molecule has 0 saturated heterocycles. The van der Waals surface area contributed by atoms with E-state index in [1.54, 1.807) is 13.3 Å². The number of aliphatic imine (C=N–C) groups is 1. The lowest BCUT2D eigenvalue weighted by molar-refractivity contribution is 0.150. The molecular weight excluding hydrogens is 410 g/mol. The van der Waals surface area contributed by atoms with Crippen molar-refractivity contribution in [2.45, 2.75) is 37.9 Å². The van der Waals surface area contributed by atoms with Crippen LogP contribution in [0, 0.1) is 0 Å². The topological polar surface area (TPSA) is 84.8 Å². The SMILES string of the molecule is COc1ccc2c(c1OC1=CCC(NO)C=N1)CN1CCc3cc4c(cc3C1C2)OCO4. The van der Waals surface area contributed by atoms with E-state index in [0.717, 1.165) is 48.7 Å². The Hall–Kier alpha value is -3.07. The third-order valence-corrected chi connectivity index (χ3v) is 6.72. The van der Waals surface area contributed by atoms with Crippen LogP contribution in [0.25, 0.3) is 0 Å². The summed E-state index contributed by atoms with van der Waals surface area (Å²) in [6.45, 7) is 2.04. The maximum Gasteiger partial charge on any atom is 0.231 e. The standard InChI is InChI=1S/C24H25N3O5/c1-29-20-4-2-14-8-19-17-10-22-21(30-13-31-22)9-15(17)6-7-27(19)12-18(14)24(20)32-23-5-3-16(26-28)11-25-23/h2,4-5,9-11,16,19,26,28H,3,6-8,12-13H2,1H3. The molecule has 0 amide bonds. The molecule has 0 spiro atoms. The molecule has 0 aliphatic carbocycles. The fourth-order valence-electron chi connectivity index (χ4n) is 5.03. The van der Waals surface area contributed by atoms with E-state index in [2.05, 4.69) is 33.6 Å². The van der Waals surface area contributed by atoms with Crippen molar-refractivity contribution in [2.24, 2.45) is 4.99 Å². The van der Waals surface area contributed by atoms with Crippen LogP contribution in [0.3, 0.4) is 0 Å². The average molecular weight is 435 g/mol. The van der Waals surface area contributed by atoms with Crippen molar-refractivity contribution in [3.8, 4) is 23.0 Å². The number of fused-ring (bicyclic) bond motifs is 5. The zero-order valence-electron chi connectivity index (χ0n) is 17.8. The minimum atomic E-state index is -0.195. The lowest BCUT2D eigenvalue weighted by atomic mass is 9.83. The molecule has 0 fully saturated rings. The first-order valence-electron chi connectivity index (χ1n) is 10.9. The molecule has 4 aliphatic rings. The summed E-state index contributed by atoms with van der Waals surface area (Å²) >= 11 is 0. The molecule has 2 unspecified atom stereocenters. The second-order valence-corrected chi connectivity index (χ2v) is 8.47. The minimum absolute atomic E-state index is 0.195. The molecule has 2 N–H and O–H groups in total. The third kappa shape index (κ3) is 3.23. The zero-order valence-corrected chi connectivity index (χ0v) is 17.8. The van der Waals surface area contributed by atoms with Gasteiger partial charge in [0, 0.05) is 30.9 Å². The summed E-state index contributed by atoms with van der Waals surface area (Å²) in [6, 6.07) is 8.52. The van der Waals surface area contributed by atoms with Gasteiger partial charge in [0.15, 0.2) is 23.0 Å². The second kappa shape index (κ2) is 7.81. The number of benzene rings is 2. The van der Waals surface area contributed by atoms with Gasteiger partial charge in [-0.25, -0.2) is 4.99 Å². The zero-order chi connectivity index (χ0) is 21.7. The minimum Gasteiger partial charge on any atom is -0.493 e. The fraction of sp³-hybridized carbons (Fsp3) is 0.375. The van der Waals surface area contributed by atoms with Crippen LogP contribution < -0.4 is 24.4 Å². The quantitative estimate of drug-likeness (QED) is 0.714. The first kappa shape index (κ1) is 19.6. The summed E-state index contributed by atoms with van der Waals surface area (Å²) in [7, 11) is 1.66. The van der Waals surface area contributed by atoms with Gasteiger partial charge in [0.25, 0.3) is 0 Å². The van der Waals surface area contributed by atoms with E-state index in [9.17, 15) is 0 Å². The molecule has 0 radical (unpaired) electrons. The number of ether oxygens (including phenoxy) is 4. The van der Waals surface area contributed by atoms with Crippen molar-refractivity contribution >= 4 is 6.21 Å². The van der Waals surface area contributed by atoms with E-state index in [0.29, 0.717) is 30.9 Å². The maximum atomic E-state index is 9.09. The van der Waals surface area contributed by atoms with Gasteiger partial charge in [-0.1, -0.05) is 6.07 Å². The molecule has 32 heavy (non-hydrogen) atoms. The number of rotatable bonds is 4. The second-order valence-electron chi connectivity index (χ2n) is 8.47. The van der Waals surface area contributed by atoms with Crippen LogP contribution in [-0.4, -0.2) is 42.8 Å². The van der Waals surface area contributed by atoms with Crippen molar-refractivity contribution in [1.82, 2.24) is 10.4 Å². The van der Waals surface area contributed by atoms with E-state index in [1.807, 2.05) is 12.1 Å². The summed E-state index contributed by atoms with van der Waals surface area (Å²) in [4.78, 5) is 6.85. The Labute approximate surface area is 186 Å². The Morgan fingerprint density at radius 3 is 2.84 bits per heavy atom. The lowest BCUT2D eigenvalue weighted by Crippen LogP contribution is -2.39. The van der Waals surface area contributed by atoms with E-state index >= 15 is 0 Å². The first-order valence-corrected chi connectivity index (χ1v) is 10.9. The van der Waals surface area contributed by atoms with Crippen LogP contribution in [-0.2, 0) is 19.4 Å². The number of nitrogens with one attached hydrogen (secondary N) is 1. The van der Waals surface area contributed by atoms with Crippen LogP contribution in [0.2, 0.25) is 0 Å². The van der Waals surface area contributed by atoms with Gasteiger partial charge in [0.2, 0.25) is 12.7 Å². The van der Waals surface area contributed by atoms with Gasteiger partial charge in [-0.15, -0.1) is 0 Å². The van der Waals surface area contributed by atoms with Gasteiger partial charge in [-0.2, -0.15) is 5.48 Å². The Morgan fingerprint density at radius 2 is 2.06 bits per heavy atom. The van der Waals surface area contributed by atoms with Crippen molar-refractivity contribution < 1.29 is 24.2 Å². The molecule has 4 aliphatic heterocycles. The highest BCUT2D eigenvalue weighted by Crippen LogP contribution is 2.47. The summed E-state index contributed by atoms with van der Waals surface area (Å²) in [5.41, 5.74) is 7.28. The third-order valence-electron chi connectivity index (χ3n) is 6.72. The summed E-state index contributed by atoms with van der Waals surface area (Å²) in [5.74, 6) is 3.63. The monoisotopic (exact) mass is 435 g/mol. The van der Waals surface area contributed by atoms with Gasteiger partial charge in [-0.05, 0) is 60.2 Å². The first-order chi connectivity index (χ1) is 15.7. The normalized spacial score (nSPS) is 23.1. The Balaban J connectivity index is 1.34.